The summed E-state index contributed by atoms with van der Waals surface area (Å²) < 4.78 is 0. The summed E-state index contributed by atoms with van der Waals surface area (Å²) in [5, 5.41) is 18.9. The van der Waals surface area contributed by atoms with Crippen LogP contribution in [-0.2, 0) is 11.3 Å². The molecule has 1 aliphatic rings. The highest BCUT2D eigenvalue weighted by Gasteiger charge is 2.30. The van der Waals surface area contributed by atoms with E-state index in [9.17, 15) is 9.90 Å². The lowest BCUT2D eigenvalue weighted by molar-refractivity contribution is -0.129. The third kappa shape index (κ3) is 5.28. The van der Waals surface area contributed by atoms with Crippen molar-refractivity contribution in [1.82, 2.24) is 20.9 Å². The molecule has 1 aromatic carbocycles. The van der Waals surface area contributed by atoms with Gasteiger partial charge in [0.15, 0.2) is 0 Å². The number of likely N-dealkylation sites (N-methyl/N-ethyl adjacent to an activating group) is 1. The molecule has 1 amide bonds. The minimum Gasteiger partial charge on any atom is -0.377 e. The molecule has 2 rings (SSSR count). The molecule has 3 atom stereocenters. The Hall–Kier alpha value is -1.47. The molecule has 4 N–H and O–H groups in total. The van der Waals surface area contributed by atoms with Crippen molar-refractivity contribution < 1.29 is 9.90 Å². The number of amides is 1. The Kier molecular flexibility index (Phi) is 6.98. The summed E-state index contributed by atoms with van der Waals surface area (Å²) in [6, 6.07) is 9.95. The smallest absolute Gasteiger partial charge is 0.240 e. The predicted molar refractivity (Wildman–Crippen MR) is 90.8 cm³/mol. The topological polar surface area (TPSA) is 76.6 Å². The molecule has 0 bridgehead atoms. The highest BCUT2D eigenvalue weighted by Crippen LogP contribution is 2.14. The van der Waals surface area contributed by atoms with E-state index in [1.165, 1.54) is 0 Å². The van der Waals surface area contributed by atoms with Gasteiger partial charge in [0.1, 0.15) is 6.23 Å². The van der Waals surface area contributed by atoms with Crippen LogP contribution in [0.2, 0.25) is 0 Å². The van der Waals surface area contributed by atoms with Gasteiger partial charge in [-0.15, -0.1) is 0 Å². The van der Waals surface area contributed by atoms with Crippen LogP contribution in [0.1, 0.15) is 18.9 Å². The third-order valence-corrected chi connectivity index (χ3v) is 4.27. The van der Waals surface area contributed by atoms with Gasteiger partial charge in [0.2, 0.25) is 5.91 Å². The van der Waals surface area contributed by atoms with E-state index in [0.717, 1.165) is 18.5 Å². The molecule has 1 fully saturated rings. The van der Waals surface area contributed by atoms with Crippen LogP contribution in [0.3, 0.4) is 0 Å². The average molecular weight is 320 g/mol. The summed E-state index contributed by atoms with van der Waals surface area (Å²) in [6.07, 6.45) is 0.282. The van der Waals surface area contributed by atoms with E-state index in [0.29, 0.717) is 19.6 Å². The molecule has 0 aliphatic carbocycles. The number of aliphatic hydroxyl groups excluding tert-OH is 1. The molecule has 0 spiro atoms. The van der Waals surface area contributed by atoms with E-state index in [1.54, 1.807) is 7.05 Å². The van der Waals surface area contributed by atoms with Crippen molar-refractivity contribution in [2.75, 3.05) is 26.7 Å². The molecule has 6 nitrogen and oxygen atoms in total. The number of carbonyl (C=O) groups excluding carboxylic acids is 1. The second-order valence-electron chi connectivity index (χ2n) is 6.02. The summed E-state index contributed by atoms with van der Waals surface area (Å²) in [7, 11) is 1.72. The first kappa shape index (κ1) is 17.9. The summed E-state index contributed by atoms with van der Waals surface area (Å²) in [6.45, 7) is 4.82. The summed E-state index contributed by atoms with van der Waals surface area (Å²) in [5.41, 5.74) is 1.16. The number of likely N-dealkylation sites (tertiary alicyclic amines) is 1. The molecular weight excluding hydrogens is 292 g/mol. The summed E-state index contributed by atoms with van der Waals surface area (Å²) >= 11 is 0. The van der Waals surface area contributed by atoms with Crippen LogP contribution in [-0.4, -0.2) is 60.9 Å². The maximum Gasteiger partial charge on any atom is 0.240 e. The Labute approximate surface area is 138 Å². The lowest BCUT2D eigenvalue weighted by Gasteiger charge is -2.20. The molecule has 0 radical (unpaired) electrons. The van der Waals surface area contributed by atoms with E-state index in [4.69, 9.17) is 0 Å². The predicted octanol–water partition coefficient (Wildman–Crippen LogP) is -0.107. The Morgan fingerprint density at radius 2 is 2.04 bits per heavy atom. The molecule has 6 heteroatoms. The highest BCUT2D eigenvalue weighted by atomic mass is 16.3. The van der Waals surface area contributed by atoms with Gasteiger partial charge in [0.25, 0.3) is 0 Å². The van der Waals surface area contributed by atoms with Crippen molar-refractivity contribution in [2.24, 2.45) is 0 Å². The van der Waals surface area contributed by atoms with E-state index in [2.05, 4.69) is 16.0 Å². The first-order chi connectivity index (χ1) is 11.1. The standard InChI is InChI=1S/C17H28N4O2/c1-13(16(22)18-2)19-9-10-20-15-8-11-21(17(15)23)12-14-6-4-3-5-7-14/h3-7,13,15-16,18-20,22H,8-12H2,1-2H3/t13?,15?,16-/m1/s1. The number of rotatable bonds is 9. The van der Waals surface area contributed by atoms with Crippen molar-refractivity contribution in [3.63, 3.8) is 0 Å². The first-order valence-corrected chi connectivity index (χ1v) is 8.26. The largest absolute Gasteiger partial charge is 0.377 e. The van der Waals surface area contributed by atoms with Gasteiger partial charge in [-0.25, -0.2) is 0 Å². The van der Waals surface area contributed by atoms with Gasteiger partial charge in [-0.1, -0.05) is 30.3 Å². The summed E-state index contributed by atoms with van der Waals surface area (Å²) in [5.74, 6) is 0.178. The highest BCUT2D eigenvalue weighted by molar-refractivity contribution is 5.83. The molecule has 1 heterocycles. The molecule has 1 aliphatic heterocycles. The van der Waals surface area contributed by atoms with Crippen LogP contribution in [0, 0.1) is 0 Å². The number of hydrogen-bond donors (Lipinski definition) is 4. The Balaban J connectivity index is 1.68. The van der Waals surface area contributed by atoms with Gasteiger partial charge in [-0.2, -0.15) is 0 Å². The molecular formula is C17H28N4O2. The Morgan fingerprint density at radius 3 is 2.74 bits per heavy atom. The number of hydrogen-bond acceptors (Lipinski definition) is 5. The molecule has 2 unspecified atom stereocenters. The number of aliphatic hydroxyl groups is 1. The molecule has 23 heavy (non-hydrogen) atoms. The zero-order valence-corrected chi connectivity index (χ0v) is 14.0. The van der Waals surface area contributed by atoms with Crippen LogP contribution >= 0.6 is 0 Å². The Morgan fingerprint density at radius 1 is 1.30 bits per heavy atom. The zero-order chi connectivity index (χ0) is 16.7. The lowest BCUT2D eigenvalue weighted by Crippen LogP contribution is -2.47. The van der Waals surface area contributed by atoms with Gasteiger partial charge in [0.05, 0.1) is 6.04 Å². The third-order valence-electron chi connectivity index (χ3n) is 4.27. The van der Waals surface area contributed by atoms with E-state index in [-0.39, 0.29) is 18.0 Å². The first-order valence-electron chi connectivity index (χ1n) is 8.26. The normalized spacial score (nSPS) is 20.7. The summed E-state index contributed by atoms with van der Waals surface area (Å²) in [4.78, 5) is 14.3. The monoisotopic (exact) mass is 320 g/mol. The lowest BCUT2D eigenvalue weighted by atomic mass is 10.2. The van der Waals surface area contributed by atoms with Gasteiger partial charge in [-0.05, 0) is 26.0 Å². The van der Waals surface area contributed by atoms with Gasteiger partial charge < -0.3 is 20.6 Å². The average Bonchev–Trinajstić information content (AvgIpc) is 2.92. The molecule has 0 aromatic heterocycles. The van der Waals surface area contributed by atoms with Crippen LogP contribution in [0.5, 0.6) is 0 Å². The number of benzene rings is 1. The Bertz CT molecular complexity index is 483. The van der Waals surface area contributed by atoms with Crippen LogP contribution in [0.25, 0.3) is 0 Å². The van der Waals surface area contributed by atoms with Crippen molar-refractivity contribution in [2.45, 2.75) is 38.2 Å². The fourth-order valence-corrected chi connectivity index (χ4v) is 2.80. The number of nitrogens with zero attached hydrogens (tertiary/aromatic N) is 1. The van der Waals surface area contributed by atoms with Gasteiger partial charge in [0, 0.05) is 32.2 Å². The van der Waals surface area contributed by atoms with Crippen LogP contribution in [0.15, 0.2) is 30.3 Å². The molecule has 1 saturated heterocycles. The second-order valence-corrected chi connectivity index (χ2v) is 6.02. The maximum absolute atomic E-state index is 12.4. The number of nitrogens with one attached hydrogen (secondary N) is 3. The van der Waals surface area contributed by atoms with Gasteiger partial charge >= 0.3 is 0 Å². The zero-order valence-electron chi connectivity index (χ0n) is 14.0. The van der Waals surface area contributed by atoms with Crippen LogP contribution in [0.4, 0.5) is 0 Å². The molecule has 1 aromatic rings. The minimum atomic E-state index is -0.565. The van der Waals surface area contributed by atoms with E-state index in [1.807, 2.05) is 42.2 Å². The minimum absolute atomic E-state index is 0.0318. The van der Waals surface area contributed by atoms with Crippen LogP contribution < -0.4 is 16.0 Å². The SMILES string of the molecule is CN[C@H](O)C(C)NCCNC1CCN(Cc2ccccc2)C1=O. The van der Waals surface area contributed by atoms with Crippen molar-refractivity contribution in [1.29, 1.82) is 0 Å². The van der Waals surface area contributed by atoms with E-state index >= 15 is 0 Å². The number of carbonyl (C=O) groups is 1. The fourth-order valence-electron chi connectivity index (χ4n) is 2.80. The molecule has 0 saturated carbocycles. The second kappa shape index (κ2) is 8.98. The maximum atomic E-state index is 12.4. The van der Waals surface area contributed by atoms with E-state index < -0.39 is 6.23 Å². The van der Waals surface area contributed by atoms with Crippen molar-refractivity contribution in [3.05, 3.63) is 35.9 Å². The fraction of sp³-hybridized carbons (Fsp3) is 0.588. The van der Waals surface area contributed by atoms with Crippen molar-refractivity contribution >= 4 is 5.91 Å². The molecule has 128 valence electrons. The quantitative estimate of drug-likeness (QED) is 0.377. The van der Waals surface area contributed by atoms with Crippen molar-refractivity contribution in [3.8, 4) is 0 Å². The van der Waals surface area contributed by atoms with Gasteiger partial charge in [-0.3, -0.25) is 10.1 Å².